The molecule has 2 nitrogen and oxygen atoms in total. The van der Waals surface area contributed by atoms with Gasteiger partial charge in [-0.25, -0.2) is 0 Å². The minimum atomic E-state index is -1.96. The van der Waals surface area contributed by atoms with Gasteiger partial charge >= 0.3 is 0 Å². The van der Waals surface area contributed by atoms with Gasteiger partial charge in [0.1, 0.15) is 0 Å². The summed E-state index contributed by atoms with van der Waals surface area (Å²) in [5.74, 6) is 0. The molecule has 0 saturated heterocycles. The van der Waals surface area contributed by atoms with Crippen LogP contribution in [0.4, 0.5) is 0 Å². The lowest BCUT2D eigenvalue weighted by atomic mass is 10.4. The molecule has 82 valence electrons. The number of benzene rings is 1. The highest BCUT2D eigenvalue weighted by Gasteiger charge is 2.20. The summed E-state index contributed by atoms with van der Waals surface area (Å²) in [4.78, 5) is 10.1. The van der Waals surface area contributed by atoms with Crippen LogP contribution in [0.25, 0.3) is 0 Å². The van der Waals surface area contributed by atoms with Crippen LogP contribution >= 0.6 is 0 Å². The van der Waals surface area contributed by atoms with Gasteiger partial charge in [0.2, 0.25) is 9.04 Å². The van der Waals surface area contributed by atoms with Crippen molar-refractivity contribution < 1.29 is 9.22 Å². The lowest BCUT2D eigenvalue weighted by Crippen LogP contribution is -2.44. The second-order valence-electron chi connectivity index (χ2n) is 3.64. The molecule has 1 aromatic rings. The topological polar surface area (TPSA) is 29.5 Å². The Labute approximate surface area is 94.7 Å². The first-order valence-electron chi connectivity index (χ1n) is 5.16. The largest absolute Gasteiger partial charge is 0.428 e. The molecule has 0 spiro atoms. The molecule has 1 rings (SSSR count). The van der Waals surface area contributed by atoms with Gasteiger partial charge in [-0.05, 0) is 18.7 Å². The van der Waals surface area contributed by atoms with Gasteiger partial charge in [-0.2, -0.15) is 0 Å². The maximum Gasteiger partial charge on any atom is 0.230 e. The van der Waals surface area contributed by atoms with Crippen molar-refractivity contribution in [1.29, 1.82) is 0 Å². The Balaban J connectivity index is 2.60. The zero-order valence-electron chi connectivity index (χ0n) is 9.26. The van der Waals surface area contributed by atoms with Crippen LogP contribution in [0, 0.1) is 0 Å². The summed E-state index contributed by atoms with van der Waals surface area (Å²) >= 11 is 0. The van der Waals surface area contributed by atoms with Crippen LogP contribution in [0.1, 0.15) is 6.92 Å². The summed E-state index contributed by atoms with van der Waals surface area (Å²) in [5.41, 5.74) is 1.84. The number of hydrogen-bond acceptors (Lipinski definition) is 2. The normalized spacial score (nSPS) is 16.7. The Morgan fingerprint density at radius 3 is 2.53 bits per heavy atom. The van der Waals surface area contributed by atoms with E-state index in [1.54, 1.807) is 0 Å². The van der Waals surface area contributed by atoms with E-state index in [1.165, 1.54) is 0 Å². The van der Waals surface area contributed by atoms with Crippen LogP contribution in [0.15, 0.2) is 42.6 Å². The van der Waals surface area contributed by atoms with E-state index in [2.05, 4.69) is 13.1 Å². The highest BCUT2D eigenvalue weighted by atomic mass is 28.3. The van der Waals surface area contributed by atoms with Gasteiger partial charge < -0.3 is 9.22 Å². The number of rotatable bonds is 5. The first kappa shape index (κ1) is 12.4. The molecular weight excluding hydrogens is 220 g/mol. The lowest BCUT2D eigenvalue weighted by molar-refractivity contribution is 0.284. The Kier molecular flexibility index (Phi) is 4.97. The third-order valence-corrected chi connectivity index (χ3v) is 6.30. The standard InChI is InChI=1S/C11H18O2Si2/c1-4-14(3)13-10(2)15(12)11-8-6-5-7-9-11/h4-10,12,14-15H,1H2,2-3H3. The molecule has 0 saturated carbocycles. The summed E-state index contributed by atoms with van der Waals surface area (Å²) < 4.78 is 5.75. The van der Waals surface area contributed by atoms with Crippen molar-refractivity contribution in [3.05, 3.63) is 42.6 Å². The van der Waals surface area contributed by atoms with Gasteiger partial charge in [-0.15, -0.1) is 6.58 Å². The average molecular weight is 238 g/mol. The second kappa shape index (κ2) is 6.02. The predicted molar refractivity (Wildman–Crippen MR) is 69.2 cm³/mol. The van der Waals surface area contributed by atoms with E-state index in [9.17, 15) is 4.80 Å². The summed E-state index contributed by atoms with van der Waals surface area (Å²) in [6, 6.07) is 9.80. The SMILES string of the molecule is C=C[SiH](C)OC(C)[SiH](O)c1ccccc1. The van der Waals surface area contributed by atoms with E-state index in [0.29, 0.717) is 0 Å². The van der Waals surface area contributed by atoms with E-state index in [0.717, 1.165) is 5.19 Å². The van der Waals surface area contributed by atoms with Crippen molar-refractivity contribution >= 4 is 23.3 Å². The molecule has 0 aliphatic rings. The number of hydrogen-bond donors (Lipinski definition) is 1. The Bertz CT molecular complexity index is 303. The van der Waals surface area contributed by atoms with Crippen LogP contribution in [-0.4, -0.2) is 28.6 Å². The fourth-order valence-electron chi connectivity index (χ4n) is 1.39. The molecule has 3 atom stereocenters. The Morgan fingerprint density at radius 1 is 1.40 bits per heavy atom. The Hall–Kier alpha value is -0.686. The minimum Gasteiger partial charge on any atom is -0.428 e. The summed E-state index contributed by atoms with van der Waals surface area (Å²) in [6.45, 7) is 7.74. The molecule has 0 bridgehead atoms. The first-order valence-corrected chi connectivity index (χ1v) is 9.21. The van der Waals surface area contributed by atoms with Crippen LogP contribution in [0.3, 0.4) is 0 Å². The van der Waals surface area contributed by atoms with Crippen LogP contribution in [-0.2, 0) is 4.43 Å². The first-order chi connectivity index (χ1) is 7.15. The minimum absolute atomic E-state index is 0.0351. The molecule has 3 unspecified atom stereocenters. The zero-order valence-corrected chi connectivity index (χ0v) is 11.6. The molecule has 0 aromatic heterocycles. The molecule has 0 fully saturated rings. The van der Waals surface area contributed by atoms with E-state index in [4.69, 9.17) is 4.43 Å². The Morgan fingerprint density at radius 2 is 2.00 bits per heavy atom. The monoisotopic (exact) mass is 238 g/mol. The van der Waals surface area contributed by atoms with Gasteiger partial charge in [0.15, 0.2) is 9.04 Å². The van der Waals surface area contributed by atoms with Crippen molar-refractivity contribution in [2.75, 3.05) is 0 Å². The van der Waals surface area contributed by atoms with Gasteiger partial charge in [-0.1, -0.05) is 36.0 Å². The highest BCUT2D eigenvalue weighted by molar-refractivity contribution is 6.68. The van der Waals surface area contributed by atoms with E-state index in [1.807, 2.05) is 43.0 Å². The highest BCUT2D eigenvalue weighted by Crippen LogP contribution is 2.00. The predicted octanol–water partition coefficient (Wildman–Crippen LogP) is 0.633. The fraction of sp³-hybridized carbons (Fsp3) is 0.273. The van der Waals surface area contributed by atoms with Gasteiger partial charge in [0.05, 0.1) is 5.73 Å². The fourth-order valence-corrected chi connectivity index (χ4v) is 4.68. The lowest BCUT2D eigenvalue weighted by Gasteiger charge is -2.20. The van der Waals surface area contributed by atoms with Crippen molar-refractivity contribution in [1.82, 2.24) is 0 Å². The van der Waals surface area contributed by atoms with Crippen molar-refractivity contribution in [2.45, 2.75) is 19.2 Å². The summed E-state index contributed by atoms with van der Waals surface area (Å²) in [5, 5.41) is 1.04. The molecule has 0 radical (unpaired) electrons. The molecule has 15 heavy (non-hydrogen) atoms. The van der Waals surface area contributed by atoms with Crippen molar-refractivity contribution in [2.24, 2.45) is 0 Å². The molecule has 4 heteroatoms. The molecular formula is C11H18O2Si2. The van der Waals surface area contributed by atoms with Crippen LogP contribution < -0.4 is 5.19 Å². The molecule has 1 aromatic carbocycles. The average Bonchev–Trinajstić information content (AvgIpc) is 2.29. The molecule has 0 heterocycles. The molecule has 0 aliphatic carbocycles. The third-order valence-electron chi connectivity index (χ3n) is 2.35. The van der Waals surface area contributed by atoms with E-state index >= 15 is 0 Å². The van der Waals surface area contributed by atoms with Crippen molar-refractivity contribution in [3.8, 4) is 0 Å². The van der Waals surface area contributed by atoms with Gasteiger partial charge in [-0.3, -0.25) is 0 Å². The summed E-state index contributed by atoms with van der Waals surface area (Å²) in [7, 11) is -3.24. The quantitative estimate of drug-likeness (QED) is 0.763. The zero-order chi connectivity index (χ0) is 11.3. The van der Waals surface area contributed by atoms with E-state index < -0.39 is 18.1 Å². The summed E-state index contributed by atoms with van der Waals surface area (Å²) in [6.07, 6.45) is 0. The van der Waals surface area contributed by atoms with Crippen LogP contribution in [0.5, 0.6) is 0 Å². The van der Waals surface area contributed by atoms with Crippen LogP contribution in [0.2, 0.25) is 6.55 Å². The molecule has 1 N–H and O–H groups in total. The van der Waals surface area contributed by atoms with Crippen molar-refractivity contribution in [3.63, 3.8) is 0 Å². The molecule has 0 amide bonds. The molecule has 0 aliphatic heterocycles. The second-order valence-corrected chi connectivity index (χ2v) is 8.29. The smallest absolute Gasteiger partial charge is 0.230 e. The van der Waals surface area contributed by atoms with Gasteiger partial charge in [0.25, 0.3) is 0 Å². The maximum atomic E-state index is 10.1. The third kappa shape index (κ3) is 3.75. The van der Waals surface area contributed by atoms with Gasteiger partial charge in [0, 0.05) is 0 Å². The maximum absolute atomic E-state index is 10.1. The van der Waals surface area contributed by atoms with E-state index in [-0.39, 0.29) is 5.73 Å².